The van der Waals surface area contributed by atoms with Gasteiger partial charge in [0, 0.05) is 12.5 Å². The zero-order valence-corrected chi connectivity index (χ0v) is 18.9. The molecule has 2 N–H and O–H groups in total. The summed E-state index contributed by atoms with van der Waals surface area (Å²) in [6.45, 7) is 1.68. The van der Waals surface area contributed by atoms with E-state index in [4.69, 9.17) is 0 Å². The van der Waals surface area contributed by atoms with Gasteiger partial charge in [-0.3, -0.25) is 4.79 Å². The number of rotatable bonds is 5. The Hall–Kier alpha value is -2.29. The standard InChI is InChI=1S/C24H29FN2O4S/c1-24(29)14-15-27(32(30,31)20-13-7-12-19(25)16-20)21(17-8-3-2-4-9-17)22(24)26-23(28)18-10-5-6-11-18/h2-4,7-9,12-13,16,18,21-22,29H,5-6,10-11,14-15H2,1H3,(H,26,28). The third-order valence-corrected chi connectivity index (χ3v) is 8.58. The number of carbonyl (C=O) groups is 1. The number of carbonyl (C=O) groups excluding carboxylic acids is 1. The van der Waals surface area contributed by atoms with Crippen LogP contribution in [0.15, 0.2) is 59.5 Å². The Labute approximate surface area is 188 Å². The average molecular weight is 461 g/mol. The van der Waals surface area contributed by atoms with Crippen molar-refractivity contribution in [3.63, 3.8) is 0 Å². The molecule has 2 fully saturated rings. The summed E-state index contributed by atoms with van der Waals surface area (Å²) in [5.41, 5.74) is -0.660. The van der Waals surface area contributed by atoms with Gasteiger partial charge in [-0.05, 0) is 49.9 Å². The number of nitrogens with one attached hydrogen (secondary N) is 1. The molecule has 2 aromatic carbocycles. The first-order chi connectivity index (χ1) is 15.2. The molecule has 3 atom stereocenters. The van der Waals surface area contributed by atoms with Crippen molar-refractivity contribution in [3.05, 3.63) is 66.0 Å². The Morgan fingerprint density at radius 2 is 1.81 bits per heavy atom. The van der Waals surface area contributed by atoms with E-state index in [2.05, 4.69) is 5.32 Å². The second kappa shape index (κ2) is 8.92. The van der Waals surface area contributed by atoms with Gasteiger partial charge in [0.15, 0.2) is 0 Å². The molecule has 6 nitrogen and oxygen atoms in total. The lowest BCUT2D eigenvalue weighted by molar-refractivity contribution is -0.130. The van der Waals surface area contributed by atoms with Crippen LogP contribution < -0.4 is 5.32 Å². The minimum absolute atomic E-state index is 0.0429. The maximum Gasteiger partial charge on any atom is 0.243 e. The summed E-state index contributed by atoms with van der Waals surface area (Å²) in [6, 6.07) is 12.2. The van der Waals surface area contributed by atoms with Crippen LogP contribution in [0.5, 0.6) is 0 Å². The van der Waals surface area contributed by atoms with E-state index in [1.165, 1.54) is 22.5 Å². The average Bonchev–Trinajstić information content (AvgIpc) is 3.30. The summed E-state index contributed by atoms with van der Waals surface area (Å²) < 4.78 is 42.3. The van der Waals surface area contributed by atoms with Gasteiger partial charge in [-0.2, -0.15) is 4.31 Å². The monoisotopic (exact) mass is 460 g/mol. The first-order valence-corrected chi connectivity index (χ1v) is 12.5. The summed E-state index contributed by atoms with van der Waals surface area (Å²) in [5.74, 6) is -0.923. The van der Waals surface area contributed by atoms with Gasteiger partial charge < -0.3 is 10.4 Å². The molecule has 1 aliphatic heterocycles. The summed E-state index contributed by atoms with van der Waals surface area (Å²) in [5, 5.41) is 14.3. The molecule has 0 radical (unpaired) electrons. The predicted octanol–water partition coefficient (Wildman–Crippen LogP) is 3.39. The van der Waals surface area contributed by atoms with E-state index in [-0.39, 0.29) is 29.7 Å². The van der Waals surface area contributed by atoms with Gasteiger partial charge in [-0.15, -0.1) is 0 Å². The van der Waals surface area contributed by atoms with Gasteiger partial charge in [-0.1, -0.05) is 49.2 Å². The molecule has 3 unspecified atom stereocenters. The first-order valence-electron chi connectivity index (χ1n) is 11.1. The second-order valence-corrected chi connectivity index (χ2v) is 10.9. The van der Waals surface area contributed by atoms with Crippen LogP contribution in [0, 0.1) is 11.7 Å². The summed E-state index contributed by atoms with van der Waals surface area (Å²) in [6.07, 6.45) is 3.70. The number of piperidine rings is 1. The van der Waals surface area contributed by atoms with Gasteiger partial charge >= 0.3 is 0 Å². The quantitative estimate of drug-likeness (QED) is 0.716. The molecule has 0 bridgehead atoms. The van der Waals surface area contributed by atoms with E-state index in [0.29, 0.717) is 5.56 Å². The molecule has 1 aliphatic carbocycles. The molecule has 8 heteroatoms. The molecule has 1 saturated carbocycles. The fraction of sp³-hybridized carbons (Fsp3) is 0.458. The van der Waals surface area contributed by atoms with Crippen molar-refractivity contribution in [1.82, 2.24) is 9.62 Å². The minimum atomic E-state index is -4.09. The second-order valence-electron chi connectivity index (χ2n) is 9.00. The molecule has 1 saturated heterocycles. The fourth-order valence-electron chi connectivity index (χ4n) is 4.87. The van der Waals surface area contributed by atoms with Crippen LogP contribution in [-0.2, 0) is 14.8 Å². The highest BCUT2D eigenvalue weighted by atomic mass is 32.2. The van der Waals surface area contributed by atoms with Gasteiger partial charge in [0.2, 0.25) is 15.9 Å². The normalized spacial score (nSPS) is 27.3. The van der Waals surface area contributed by atoms with Gasteiger partial charge in [-0.25, -0.2) is 12.8 Å². The largest absolute Gasteiger partial charge is 0.388 e. The Kier molecular flexibility index (Phi) is 6.38. The molecule has 172 valence electrons. The van der Waals surface area contributed by atoms with Crippen LogP contribution in [0.4, 0.5) is 4.39 Å². The van der Waals surface area contributed by atoms with Crippen molar-refractivity contribution in [1.29, 1.82) is 0 Å². The Morgan fingerprint density at radius 1 is 1.12 bits per heavy atom. The zero-order valence-electron chi connectivity index (χ0n) is 18.1. The third-order valence-electron chi connectivity index (χ3n) is 6.70. The molecule has 1 amide bonds. The van der Waals surface area contributed by atoms with E-state index < -0.39 is 33.5 Å². The van der Waals surface area contributed by atoms with E-state index in [0.717, 1.165) is 31.7 Å². The number of nitrogens with zero attached hydrogens (tertiary/aromatic N) is 1. The van der Waals surface area contributed by atoms with E-state index in [1.54, 1.807) is 31.2 Å². The van der Waals surface area contributed by atoms with Crippen LogP contribution >= 0.6 is 0 Å². The number of halogens is 1. The molecule has 2 aromatic rings. The molecule has 0 spiro atoms. The molecular weight excluding hydrogens is 431 g/mol. The SMILES string of the molecule is CC1(O)CCN(S(=O)(=O)c2cccc(F)c2)C(c2ccccc2)C1NC(=O)C1CCCC1. The van der Waals surface area contributed by atoms with Crippen LogP contribution in [0.1, 0.15) is 50.6 Å². The summed E-state index contributed by atoms with van der Waals surface area (Å²) in [7, 11) is -4.09. The van der Waals surface area contributed by atoms with Crippen molar-refractivity contribution in [3.8, 4) is 0 Å². The van der Waals surface area contributed by atoms with Crippen molar-refractivity contribution in [2.75, 3.05) is 6.54 Å². The maximum absolute atomic E-state index is 13.8. The van der Waals surface area contributed by atoms with Crippen molar-refractivity contribution < 1.29 is 22.7 Å². The molecule has 0 aromatic heterocycles. The predicted molar refractivity (Wildman–Crippen MR) is 119 cm³/mol. The minimum Gasteiger partial charge on any atom is -0.388 e. The Morgan fingerprint density at radius 3 is 2.47 bits per heavy atom. The highest BCUT2D eigenvalue weighted by Gasteiger charge is 2.50. The van der Waals surface area contributed by atoms with Crippen LogP contribution in [0.3, 0.4) is 0 Å². The van der Waals surface area contributed by atoms with E-state index >= 15 is 0 Å². The smallest absolute Gasteiger partial charge is 0.243 e. The number of sulfonamides is 1. The highest BCUT2D eigenvalue weighted by Crippen LogP contribution is 2.40. The lowest BCUT2D eigenvalue weighted by atomic mass is 9.80. The lowest BCUT2D eigenvalue weighted by Gasteiger charge is -2.48. The molecular formula is C24H29FN2O4S. The zero-order chi connectivity index (χ0) is 22.9. The van der Waals surface area contributed by atoms with Gasteiger partial charge in [0.25, 0.3) is 0 Å². The van der Waals surface area contributed by atoms with Crippen molar-refractivity contribution in [2.24, 2.45) is 5.92 Å². The summed E-state index contributed by atoms with van der Waals surface area (Å²) >= 11 is 0. The van der Waals surface area contributed by atoms with Crippen molar-refractivity contribution in [2.45, 2.75) is 61.6 Å². The molecule has 32 heavy (non-hydrogen) atoms. The third kappa shape index (κ3) is 4.44. The number of hydrogen-bond donors (Lipinski definition) is 2. The van der Waals surface area contributed by atoms with E-state index in [9.17, 15) is 22.7 Å². The van der Waals surface area contributed by atoms with Gasteiger partial charge in [0.1, 0.15) is 5.82 Å². The lowest BCUT2D eigenvalue weighted by Crippen LogP contribution is -2.63. The maximum atomic E-state index is 13.8. The number of amides is 1. The fourth-order valence-corrected chi connectivity index (χ4v) is 6.53. The van der Waals surface area contributed by atoms with Crippen LogP contribution in [0.2, 0.25) is 0 Å². The molecule has 2 aliphatic rings. The summed E-state index contributed by atoms with van der Waals surface area (Å²) in [4.78, 5) is 12.9. The highest BCUT2D eigenvalue weighted by molar-refractivity contribution is 7.89. The van der Waals surface area contributed by atoms with Crippen LogP contribution in [0.25, 0.3) is 0 Å². The first kappa shape index (κ1) is 22.9. The number of benzene rings is 2. The number of hydrogen-bond acceptors (Lipinski definition) is 4. The Balaban J connectivity index is 1.77. The van der Waals surface area contributed by atoms with E-state index in [1.807, 2.05) is 6.07 Å². The molecule has 1 heterocycles. The molecule has 4 rings (SSSR count). The van der Waals surface area contributed by atoms with Crippen LogP contribution in [-0.4, -0.2) is 41.9 Å². The Bertz CT molecular complexity index is 1070. The van der Waals surface area contributed by atoms with Gasteiger partial charge in [0.05, 0.1) is 22.6 Å². The number of aliphatic hydroxyl groups is 1. The topological polar surface area (TPSA) is 86.7 Å². The van der Waals surface area contributed by atoms with Crippen molar-refractivity contribution >= 4 is 15.9 Å².